The molecule has 0 radical (unpaired) electrons. The van der Waals surface area contributed by atoms with E-state index in [2.05, 4.69) is 53.8 Å². The van der Waals surface area contributed by atoms with Gasteiger partial charge in [0.25, 0.3) is 0 Å². The highest BCUT2D eigenvalue weighted by molar-refractivity contribution is 5.86. The zero-order chi connectivity index (χ0) is 17.4. The lowest BCUT2D eigenvalue weighted by Crippen LogP contribution is -2.27. The van der Waals surface area contributed by atoms with Crippen LogP contribution in [0.3, 0.4) is 0 Å². The summed E-state index contributed by atoms with van der Waals surface area (Å²) in [5.74, 6) is -0.192. The second kappa shape index (κ2) is 6.49. The molecule has 3 heteroatoms. The largest absolute Gasteiger partial charge is 0.340 e. The lowest BCUT2D eigenvalue weighted by atomic mass is 10.0. The topological polar surface area (TPSA) is 8.17 Å². The Morgan fingerprint density at radius 3 is 2.72 bits per heavy atom. The summed E-state index contributed by atoms with van der Waals surface area (Å²) in [7, 11) is 2.19. The van der Waals surface area contributed by atoms with Crippen LogP contribution in [0.1, 0.15) is 22.4 Å². The normalized spacial score (nSPS) is 15.2. The van der Waals surface area contributed by atoms with E-state index >= 15 is 0 Å². The molecule has 0 N–H and O–H groups in total. The minimum atomic E-state index is -0.192. The van der Waals surface area contributed by atoms with Gasteiger partial charge in [-0.15, -0.1) is 0 Å². The predicted molar refractivity (Wildman–Crippen MR) is 102 cm³/mol. The van der Waals surface area contributed by atoms with E-state index in [4.69, 9.17) is 0 Å². The van der Waals surface area contributed by atoms with E-state index in [1.807, 2.05) is 12.1 Å². The third kappa shape index (κ3) is 3.12. The van der Waals surface area contributed by atoms with Crippen LogP contribution >= 0.6 is 0 Å². The lowest BCUT2D eigenvalue weighted by Gasteiger charge is -2.24. The molecule has 1 aliphatic rings. The zero-order valence-electron chi connectivity index (χ0n) is 14.8. The van der Waals surface area contributed by atoms with Crippen LogP contribution < -0.4 is 0 Å². The molecule has 3 aromatic rings. The monoisotopic (exact) mass is 334 g/mol. The Bertz CT molecular complexity index is 935. The van der Waals surface area contributed by atoms with Crippen molar-refractivity contribution in [3.63, 3.8) is 0 Å². The second-order valence-electron chi connectivity index (χ2n) is 7.00. The quantitative estimate of drug-likeness (QED) is 0.668. The number of rotatable bonds is 3. The van der Waals surface area contributed by atoms with Gasteiger partial charge in [-0.2, -0.15) is 0 Å². The number of aromatic nitrogens is 1. The number of benzene rings is 2. The van der Waals surface area contributed by atoms with Crippen LogP contribution in [0.5, 0.6) is 0 Å². The summed E-state index contributed by atoms with van der Waals surface area (Å²) in [5.41, 5.74) is 6.59. The van der Waals surface area contributed by atoms with Gasteiger partial charge in [-0.25, -0.2) is 4.39 Å². The zero-order valence-corrected chi connectivity index (χ0v) is 14.8. The average molecular weight is 334 g/mol. The summed E-state index contributed by atoms with van der Waals surface area (Å²) in [6, 6.07) is 13.4. The fourth-order valence-corrected chi connectivity index (χ4v) is 3.78. The smallest absolute Gasteiger partial charge is 0.123 e. The van der Waals surface area contributed by atoms with Gasteiger partial charge in [0.05, 0.1) is 0 Å². The first kappa shape index (κ1) is 16.1. The van der Waals surface area contributed by atoms with Gasteiger partial charge in [0.1, 0.15) is 5.82 Å². The van der Waals surface area contributed by atoms with E-state index in [1.165, 1.54) is 39.9 Å². The molecule has 0 atom stereocenters. The first-order valence-corrected chi connectivity index (χ1v) is 8.83. The predicted octanol–water partition coefficient (Wildman–Crippen LogP) is 4.79. The van der Waals surface area contributed by atoms with Crippen LogP contribution in [0.2, 0.25) is 0 Å². The third-order valence-corrected chi connectivity index (χ3v) is 5.07. The SMILES string of the molecule is Cc1ccc2c(c1)c1c(n2C/C=C/c2ccc(F)cc2)CCN(C)C1. The van der Waals surface area contributed by atoms with Crippen molar-refractivity contribution in [3.05, 3.63) is 76.7 Å². The molecular weight excluding hydrogens is 311 g/mol. The highest BCUT2D eigenvalue weighted by Gasteiger charge is 2.21. The molecule has 128 valence electrons. The Hall–Kier alpha value is -2.39. The molecule has 2 aromatic carbocycles. The minimum absolute atomic E-state index is 0.192. The lowest BCUT2D eigenvalue weighted by molar-refractivity contribution is 0.310. The van der Waals surface area contributed by atoms with Gasteiger partial charge in [0.15, 0.2) is 0 Å². The van der Waals surface area contributed by atoms with Crippen molar-refractivity contribution in [3.8, 4) is 0 Å². The maximum Gasteiger partial charge on any atom is 0.123 e. The number of halogens is 1. The summed E-state index contributed by atoms with van der Waals surface area (Å²) >= 11 is 0. The van der Waals surface area contributed by atoms with Gasteiger partial charge in [0, 0.05) is 42.7 Å². The highest BCUT2D eigenvalue weighted by Crippen LogP contribution is 2.31. The van der Waals surface area contributed by atoms with Gasteiger partial charge < -0.3 is 9.47 Å². The standard InChI is InChI=1S/C22H23FN2/c1-16-5-10-21-19(14-16)20-15-24(2)13-11-22(20)25(21)12-3-4-17-6-8-18(23)9-7-17/h3-10,14H,11-13,15H2,1-2H3/b4-3+. The summed E-state index contributed by atoms with van der Waals surface area (Å²) in [4.78, 5) is 2.39. The van der Waals surface area contributed by atoms with E-state index in [9.17, 15) is 4.39 Å². The van der Waals surface area contributed by atoms with Crippen molar-refractivity contribution in [2.24, 2.45) is 0 Å². The Labute approximate surface area is 148 Å². The van der Waals surface area contributed by atoms with Crippen LogP contribution in [0.15, 0.2) is 48.5 Å². The first-order chi connectivity index (χ1) is 12.1. The maximum absolute atomic E-state index is 13.0. The fourth-order valence-electron chi connectivity index (χ4n) is 3.78. The number of allylic oxidation sites excluding steroid dienone is 1. The van der Waals surface area contributed by atoms with Crippen LogP contribution in [0, 0.1) is 12.7 Å². The van der Waals surface area contributed by atoms with Crippen LogP contribution in [0.4, 0.5) is 4.39 Å². The molecule has 0 aliphatic carbocycles. The van der Waals surface area contributed by atoms with E-state index < -0.39 is 0 Å². The Morgan fingerprint density at radius 1 is 1.12 bits per heavy atom. The van der Waals surface area contributed by atoms with Crippen molar-refractivity contribution in [2.45, 2.75) is 26.4 Å². The van der Waals surface area contributed by atoms with Gasteiger partial charge in [-0.1, -0.05) is 35.9 Å². The van der Waals surface area contributed by atoms with Gasteiger partial charge in [-0.3, -0.25) is 0 Å². The number of fused-ring (bicyclic) bond motifs is 3. The Kier molecular flexibility index (Phi) is 4.18. The molecule has 1 aliphatic heterocycles. The van der Waals surface area contributed by atoms with Crippen molar-refractivity contribution in [1.29, 1.82) is 0 Å². The minimum Gasteiger partial charge on any atom is -0.340 e. The Balaban J connectivity index is 1.70. The molecular formula is C22H23FN2. The molecule has 0 amide bonds. The molecule has 0 fully saturated rings. The van der Waals surface area contributed by atoms with E-state index in [1.54, 1.807) is 0 Å². The number of nitrogens with zero attached hydrogens (tertiary/aromatic N) is 2. The molecule has 0 saturated heterocycles. The van der Waals surface area contributed by atoms with Crippen molar-refractivity contribution in [2.75, 3.05) is 13.6 Å². The van der Waals surface area contributed by atoms with Gasteiger partial charge in [0.2, 0.25) is 0 Å². The molecule has 0 bridgehead atoms. The number of aryl methyl sites for hydroxylation is 1. The van der Waals surface area contributed by atoms with Crippen LogP contribution in [-0.2, 0) is 19.5 Å². The van der Waals surface area contributed by atoms with Crippen LogP contribution in [-0.4, -0.2) is 23.1 Å². The summed E-state index contributed by atoms with van der Waals surface area (Å²) in [5, 5.41) is 1.39. The fraction of sp³-hybridized carbons (Fsp3) is 0.273. The molecule has 4 rings (SSSR count). The summed E-state index contributed by atoms with van der Waals surface area (Å²) < 4.78 is 15.5. The van der Waals surface area contributed by atoms with Crippen molar-refractivity contribution < 1.29 is 4.39 Å². The average Bonchev–Trinajstić information content (AvgIpc) is 2.89. The molecule has 0 saturated carbocycles. The molecule has 25 heavy (non-hydrogen) atoms. The van der Waals surface area contributed by atoms with Crippen molar-refractivity contribution in [1.82, 2.24) is 9.47 Å². The number of hydrogen-bond donors (Lipinski definition) is 0. The van der Waals surface area contributed by atoms with Crippen LogP contribution in [0.25, 0.3) is 17.0 Å². The summed E-state index contributed by atoms with van der Waals surface area (Å²) in [6.07, 6.45) is 5.33. The number of likely N-dealkylation sites (N-methyl/N-ethyl adjacent to an activating group) is 1. The van der Waals surface area contributed by atoms with E-state index in [-0.39, 0.29) is 5.82 Å². The van der Waals surface area contributed by atoms with E-state index in [0.717, 1.165) is 31.6 Å². The van der Waals surface area contributed by atoms with Crippen molar-refractivity contribution >= 4 is 17.0 Å². The maximum atomic E-state index is 13.0. The molecule has 1 aromatic heterocycles. The Morgan fingerprint density at radius 2 is 1.92 bits per heavy atom. The first-order valence-electron chi connectivity index (χ1n) is 8.83. The highest BCUT2D eigenvalue weighted by atomic mass is 19.1. The van der Waals surface area contributed by atoms with Gasteiger partial charge >= 0.3 is 0 Å². The number of hydrogen-bond acceptors (Lipinski definition) is 1. The molecule has 0 spiro atoms. The summed E-state index contributed by atoms with van der Waals surface area (Å²) in [6.45, 7) is 5.12. The van der Waals surface area contributed by atoms with Gasteiger partial charge in [-0.05, 0) is 49.4 Å². The van der Waals surface area contributed by atoms with E-state index in [0.29, 0.717) is 0 Å². The molecule has 0 unspecified atom stereocenters. The molecule has 2 nitrogen and oxygen atoms in total. The second-order valence-corrected chi connectivity index (χ2v) is 7.00. The third-order valence-electron chi connectivity index (χ3n) is 5.07. The molecule has 2 heterocycles.